The first kappa shape index (κ1) is 19.0. The van der Waals surface area contributed by atoms with Crippen LogP contribution in [0.25, 0.3) is 0 Å². The largest absolute Gasteiger partial charge is 0.348 e. The molecule has 0 spiro atoms. The molecule has 7 nitrogen and oxygen atoms in total. The van der Waals surface area contributed by atoms with Crippen molar-refractivity contribution in [1.29, 1.82) is 0 Å². The van der Waals surface area contributed by atoms with Crippen LogP contribution in [0.15, 0.2) is 36.5 Å². The molecule has 1 aliphatic heterocycles. The molecule has 2 heterocycles. The van der Waals surface area contributed by atoms with Crippen molar-refractivity contribution in [3.8, 4) is 0 Å². The minimum Gasteiger partial charge on any atom is -0.348 e. The Balaban J connectivity index is 1.72. The van der Waals surface area contributed by atoms with Crippen molar-refractivity contribution in [2.24, 2.45) is 0 Å². The van der Waals surface area contributed by atoms with Crippen LogP contribution in [0.1, 0.15) is 38.4 Å². The van der Waals surface area contributed by atoms with E-state index < -0.39 is 27.7 Å². The maximum atomic E-state index is 12.5. The second-order valence-corrected chi connectivity index (χ2v) is 8.93. The van der Waals surface area contributed by atoms with Gasteiger partial charge in [-0.3, -0.25) is 14.6 Å². The van der Waals surface area contributed by atoms with Crippen LogP contribution in [0.4, 0.5) is 5.69 Å². The van der Waals surface area contributed by atoms with Crippen molar-refractivity contribution < 1.29 is 18.0 Å². The van der Waals surface area contributed by atoms with Crippen molar-refractivity contribution in [1.82, 2.24) is 10.3 Å². The molecule has 1 saturated heterocycles. The summed E-state index contributed by atoms with van der Waals surface area (Å²) in [5.74, 6) is -0.802. The highest BCUT2D eigenvalue weighted by atomic mass is 32.2. The molecule has 1 aromatic heterocycles. The molecule has 1 aliphatic rings. The summed E-state index contributed by atoms with van der Waals surface area (Å²) in [6.07, 6.45) is 1.79. The number of nitrogens with one attached hydrogen (secondary N) is 2. The number of sulfone groups is 1. The molecule has 0 aliphatic carbocycles. The summed E-state index contributed by atoms with van der Waals surface area (Å²) in [6.45, 7) is 3.87. The first-order chi connectivity index (χ1) is 12.7. The molecule has 2 aromatic rings. The van der Waals surface area contributed by atoms with Crippen LogP contribution in [0.5, 0.6) is 0 Å². The van der Waals surface area contributed by atoms with Gasteiger partial charge in [-0.05, 0) is 49.6 Å². The Hall–Kier alpha value is -2.74. The van der Waals surface area contributed by atoms with Gasteiger partial charge in [0.25, 0.3) is 11.8 Å². The second kappa shape index (κ2) is 7.48. The predicted octanol–water partition coefficient (Wildman–Crippen LogP) is 1.87. The van der Waals surface area contributed by atoms with Crippen LogP contribution >= 0.6 is 0 Å². The molecule has 0 bridgehead atoms. The summed E-state index contributed by atoms with van der Waals surface area (Å²) < 4.78 is 23.0. The normalized spacial score (nSPS) is 18.1. The van der Waals surface area contributed by atoms with Gasteiger partial charge < -0.3 is 10.6 Å². The zero-order valence-corrected chi connectivity index (χ0v) is 16.0. The number of benzene rings is 1. The Morgan fingerprint density at radius 2 is 1.93 bits per heavy atom. The van der Waals surface area contributed by atoms with Gasteiger partial charge in [0.2, 0.25) is 0 Å². The molecule has 3 rings (SSSR count). The number of nitrogens with zero attached hydrogens (tertiary/aromatic N) is 1. The number of carbonyl (C=O) groups is 2. The number of pyridine rings is 1. The minimum atomic E-state index is -3.08. The predicted molar refractivity (Wildman–Crippen MR) is 103 cm³/mol. The third-order valence-corrected chi connectivity index (χ3v) is 6.44. The molecule has 27 heavy (non-hydrogen) atoms. The van der Waals surface area contributed by atoms with Gasteiger partial charge in [0.1, 0.15) is 5.69 Å². The molecule has 8 heteroatoms. The summed E-state index contributed by atoms with van der Waals surface area (Å²) in [5, 5.41) is 5.51. The first-order valence-corrected chi connectivity index (χ1v) is 10.4. The van der Waals surface area contributed by atoms with Crippen LogP contribution < -0.4 is 10.6 Å². The van der Waals surface area contributed by atoms with E-state index >= 15 is 0 Å². The third kappa shape index (κ3) is 4.51. The van der Waals surface area contributed by atoms with Gasteiger partial charge in [0.15, 0.2) is 9.84 Å². The average Bonchev–Trinajstić information content (AvgIpc) is 2.97. The van der Waals surface area contributed by atoms with Gasteiger partial charge in [0.05, 0.1) is 11.5 Å². The van der Waals surface area contributed by atoms with E-state index in [1.54, 1.807) is 6.07 Å². The summed E-state index contributed by atoms with van der Waals surface area (Å²) in [7, 11) is -3.08. The lowest BCUT2D eigenvalue weighted by molar-refractivity contribution is 0.0941. The lowest BCUT2D eigenvalue weighted by atomic mass is 10.1. The molecule has 1 aromatic carbocycles. The summed E-state index contributed by atoms with van der Waals surface area (Å²) in [6, 6.07) is 8.11. The van der Waals surface area contributed by atoms with Crippen molar-refractivity contribution in [3.05, 3.63) is 58.9 Å². The molecule has 2 amide bonds. The zero-order valence-electron chi connectivity index (χ0n) is 15.2. The molecule has 0 saturated carbocycles. The number of aromatic nitrogens is 1. The van der Waals surface area contributed by atoms with E-state index in [0.717, 1.165) is 11.1 Å². The van der Waals surface area contributed by atoms with Gasteiger partial charge in [-0.1, -0.05) is 12.1 Å². The fourth-order valence-corrected chi connectivity index (χ4v) is 4.62. The average molecular weight is 387 g/mol. The van der Waals surface area contributed by atoms with Crippen LogP contribution in [0.3, 0.4) is 0 Å². The van der Waals surface area contributed by atoms with Crippen LogP contribution in [0.2, 0.25) is 0 Å². The topological polar surface area (TPSA) is 105 Å². The number of hydrogen-bond donors (Lipinski definition) is 2. The Kier molecular flexibility index (Phi) is 5.27. The standard InChI is InChI=1S/C19H21N3O4S/c1-12-4-3-5-16(13(12)2)22-19(24)17-10-14(6-8-20-17)18(23)21-15-7-9-27(25,26)11-15/h3-6,8,10,15H,7,9,11H2,1-2H3,(H,21,23)(H,22,24). The monoisotopic (exact) mass is 387 g/mol. The number of anilines is 1. The molecule has 1 unspecified atom stereocenters. The fourth-order valence-electron chi connectivity index (χ4n) is 2.95. The van der Waals surface area contributed by atoms with E-state index in [4.69, 9.17) is 0 Å². The molecule has 0 radical (unpaired) electrons. The van der Waals surface area contributed by atoms with Crippen molar-refractivity contribution in [2.75, 3.05) is 16.8 Å². The molecule has 2 N–H and O–H groups in total. The van der Waals surface area contributed by atoms with E-state index in [0.29, 0.717) is 12.1 Å². The third-order valence-electron chi connectivity index (χ3n) is 4.68. The van der Waals surface area contributed by atoms with Crippen LogP contribution in [-0.2, 0) is 9.84 Å². The highest BCUT2D eigenvalue weighted by Crippen LogP contribution is 2.19. The van der Waals surface area contributed by atoms with E-state index in [1.165, 1.54) is 18.3 Å². The van der Waals surface area contributed by atoms with Crippen molar-refractivity contribution in [2.45, 2.75) is 26.3 Å². The number of carbonyl (C=O) groups excluding carboxylic acids is 2. The van der Waals surface area contributed by atoms with Gasteiger partial charge in [-0.2, -0.15) is 0 Å². The summed E-state index contributed by atoms with van der Waals surface area (Å²) >= 11 is 0. The maximum Gasteiger partial charge on any atom is 0.274 e. The van der Waals surface area contributed by atoms with Crippen LogP contribution in [-0.4, -0.2) is 42.8 Å². The van der Waals surface area contributed by atoms with E-state index in [9.17, 15) is 18.0 Å². The number of hydrogen-bond acceptors (Lipinski definition) is 5. The highest BCUT2D eigenvalue weighted by Gasteiger charge is 2.29. The first-order valence-electron chi connectivity index (χ1n) is 8.60. The van der Waals surface area contributed by atoms with Crippen LogP contribution in [0, 0.1) is 13.8 Å². The van der Waals surface area contributed by atoms with Gasteiger partial charge in [-0.15, -0.1) is 0 Å². The lowest BCUT2D eigenvalue weighted by Crippen LogP contribution is -2.35. The highest BCUT2D eigenvalue weighted by molar-refractivity contribution is 7.91. The minimum absolute atomic E-state index is 0.0518. The maximum absolute atomic E-state index is 12.5. The SMILES string of the molecule is Cc1cccc(NC(=O)c2cc(C(=O)NC3CCS(=O)(=O)C3)ccn2)c1C. The Bertz CT molecular complexity index is 1000. The Labute approximate surface area is 158 Å². The Morgan fingerprint density at radius 1 is 1.15 bits per heavy atom. The summed E-state index contributed by atoms with van der Waals surface area (Å²) in [4.78, 5) is 28.9. The molecule has 1 atom stereocenters. The zero-order chi connectivity index (χ0) is 19.6. The van der Waals surface area contributed by atoms with Crippen molar-refractivity contribution in [3.63, 3.8) is 0 Å². The van der Waals surface area contributed by atoms with E-state index in [1.807, 2.05) is 26.0 Å². The molecule has 142 valence electrons. The molecule has 1 fully saturated rings. The molecular formula is C19H21N3O4S. The smallest absolute Gasteiger partial charge is 0.274 e. The van der Waals surface area contributed by atoms with E-state index in [2.05, 4.69) is 15.6 Å². The van der Waals surface area contributed by atoms with Gasteiger partial charge in [-0.25, -0.2) is 8.42 Å². The lowest BCUT2D eigenvalue weighted by Gasteiger charge is -2.12. The second-order valence-electron chi connectivity index (χ2n) is 6.70. The van der Waals surface area contributed by atoms with Crippen molar-refractivity contribution >= 4 is 27.3 Å². The number of aryl methyl sites for hydroxylation is 1. The fraction of sp³-hybridized carbons (Fsp3) is 0.316. The van der Waals surface area contributed by atoms with Gasteiger partial charge >= 0.3 is 0 Å². The quantitative estimate of drug-likeness (QED) is 0.833. The number of amides is 2. The Morgan fingerprint density at radius 3 is 2.63 bits per heavy atom. The summed E-state index contributed by atoms with van der Waals surface area (Å²) in [5.41, 5.74) is 3.08. The molecular weight excluding hydrogens is 366 g/mol. The van der Waals surface area contributed by atoms with E-state index in [-0.39, 0.29) is 22.8 Å². The van der Waals surface area contributed by atoms with Gasteiger partial charge in [0, 0.05) is 23.5 Å². The number of rotatable bonds is 4.